The summed E-state index contributed by atoms with van der Waals surface area (Å²) in [6, 6.07) is 15.9. The van der Waals surface area contributed by atoms with Gasteiger partial charge in [-0.15, -0.1) is 0 Å². The third-order valence-electron chi connectivity index (χ3n) is 3.84. The van der Waals surface area contributed by atoms with E-state index in [2.05, 4.69) is 20.8 Å². The number of fused-ring (bicyclic) bond motifs is 1. The lowest BCUT2D eigenvalue weighted by Crippen LogP contribution is -2.26. The molecule has 0 unspecified atom stereocenters. The first-order valence-electron chi connectivity index (χ1n) is 8.23. The van der Waals surface area contributed by atoms with E-state index in [1.54, 1.807) is 0 Å². The van der Waals surface area contributed by atoms with Gasteiger partial charge in [0.2, 0.25) is 0 Å². The third-order valence-corrected chi connectivity index (χ3v) is 4.84. The molecular formula is C19H21N5OS. The molecule has 6 nitrogen and oxygen atoms in total. The summed E-state index contributed by atoms with van der Waals surface area (Å²) in [7, 11) is 3.99. The average Bonchev–Trinajstić information content (AvgIpc) is 3.07. The van der Waals surface area contributed by atoms with E-state index in [9.17, 15) is 4.79 Å². The number of hydrogen-bond donors (Lipinski definition) is 2. The van der Waals surface area contributed by atoms with Gasteiger partial charge in [-0.25, -0.2) is 10.4 Å². The van der Waals surface area contributed by atoms with E-state index >= 15 is 0 Å². The molecular weight excluding hydrogens is 346 g/mol. The van der Waals surface area contributed by atoms with Crippen LogP contribution >= 0.6 is 11.3 Å². The van der Waals surface area contributed by atoms with Gasteiger partial charge in [-0.05, 0) is 36.8 Å². The number of benzene rings is 2. The van der Waals surface area contributed by atoms with Crippen molar-refractivity contribution in [3.05, 3.63) is 54.1 Å². The summed E-state index contributed by atoms with van der Waals surface area (Å²) in [5.41, 5.74) is 6.34. The molecule has 134 valence electrons. The number of rotatable bonds is 6. The summed E-state index contributed by atoms with van der Waals surface area (Å²) in [4.78, 5) is 18.5. The van der Waals surface area contributed by atoms with Gasteiger partial charge in [0, 0.05) is 19.8 Å². The largest absolute Gasteiger partial charge is 0.378 e. The van der Waals surface area contributed by atoms with Crippen LogP contribution in [0.3, 0.4) is 0 Å². The molecule has 1 aromatic heterocycles. The number of carbonyl (C=O) groups is 1. The number of hydrogen-bond acceptors (Lipinski definition) is 6. The summed E-state index contributed by atoms with van der Waals surface area (Å²) < 4.78 is 1.09. The Labute approximate surface area is 156 Å². The summed E-state index contributed by atoms with van der Waals surface area (Å²) >= 11 is 1.52. The molecule has 0 atom stereocenters. The number of thiazole rings is 1. The van der Waals surface area contributed by atoms with E-state index < -0.39 is 0 Å². The monoisotopic (exact) mass is 367 g/mol. The zero-order valence-corrected chi connectivity index (χ0v) is 15.8. The molecule has 2 N–H and O–H groups in total. The molecule has 0 spiro atoms. The second-order valence-corrected chi connectivity index (χ2v) is 7.04. The van der Waals surface area contributed by atoms with Gasteiger partial charge in [-0.1, -0.05) is 35.6 Å². The van der Waals surface area contributed by atoms with Crippen molar-refractivity contribution in [2.24, 2.45) is 5.10 Å². The summed E-state index contributed by atoms with van der Waals surface area (Å²) in [5.74, 6) is -0.214. The van der Waals surface area contributed by atoms with Crippen molar-refractivity contribution in [2.45, 2.75) is 6.92 Å². The number of nitrogens with one attached hydrogen (secondary N) is 2. The van der Waals surface area contributed by atoms with E-state index in [0.717, 1.165) is 32.3 Å². The normalized spacial score (nSPS) is 11.4. The van der Waals surface area contributed by atoms with Crippen molar-refractivity contribution >= 4 is 44.0 Å². The van der Waals surface area contributed by atoms with Crippen molar-refractivity contribution < 1.29 is 4.79 Å². The Morgan fingerprint density at radius 2 is 1.88 bits per heavy atom. The van der Waals surface area contributed by atoms with Gasteiger partial charge < -0.3 is 10.2 Å². The fourth-order valence-corrected chi connectivity index (χ4v) is 3.22. The Balaban J connectivity index is 1.54. The molecule has 0 bridgehead atoms. The lowest BCUT2D eigenvalue weighted by Gasteiger charge is -2.12. The number of nitrogens with zero attached hydrogens (tertiary/aromatic N) is 3. The highest BCUT2D eigenvalue weighted by molar-refractivity contribution is 7.22. The second-order valence-electron chi connectivity index (χ2n) is 6.01. The molecule has 1 heterocycles. The van der Waals surface area contributed by atoms with Crippen LogP contribution < -0.4 is 15.6 Å². The van der Waals surface area contributed by atoms with Gasteiger partial charge in [0.25, 0.3) is 5.91 Å². The van der Waals surface area contributed by atoms with Crippen LogP contribution in [0.4, 0.5) is 10.8 Å². The Hall–Kier alpha value is -2.93. The quantitative estimate of drug-likeness (QED) is 0.518. The fourth-order valence-electron chi connectivity index (χ4n) is 2.35. The standard InChI is InChI=1S/C19H21N5OS/c1-13(14-8-10-15(11-9-14)24(2)3)22-23-18(25)12-20-19-21-16-6-4-5-7-17(16)26-19/h4-11H,12H2,1-3H3,(H,20,21)(H,23,25)/b22-13-. The van der Waals surface area contributed by atoms with E-state index in [1.807, 2.05) is 74.4 Å². The number of carbonyl (C=O) groups excluding carboxylic acids is 1. The smallest absolute Gasteiger partial charge is 0.259 e. The average molecular weight is 367 g/mol. The van der Waals surface area contributed by atoms with Crippen LogP contribution in [0.5, 0.6) is 0 Å². The predicted molar refractivity (Wildman–Crippen MR) is 109 cm³/mol. The zero-order valence-electron chi connectivity index (χ0n) is 15.0. The zero-order chi connectivity index (χ0) is 18.5. The minimum atomic E-state index is -0.214. The van der Waals surface area contributed by atoms with Gasteiger partial charge >= 0.3 is 0 Å². The first-order valence-corrected chi connectivity index (χ1v) is 9.05. The predicted octanol–water partition coefficient (Wildman–Crippen LogP) is 3.31. The highest BCUT2D eigenvalue weighted by Gasteiger charge is 2.06. The Morgan fingerprint density at radius 3 is 2.58 bits per heavy atom. The molecule has 1 amide bonds. The van der Waals surface area contributed by atoms with Crippen molar-refractivity contribution in [3.63, 3.8) is 0 Å². The molecule has 0 fully saturated rings. The van der Waals surface area contributed by atoms with Crippen LogP contribution in [0.25, 0.3) is 10.2 Å². The molecule has 0 saturated carbocycles. The van der Waals surface area contributed by atoms with E-state index in [4.69, 9.17) is 0 Å². The molecule has 0 aliphatic heterocycles. The van der Waals surface area contributed by atoms with E-state index in [-0.39, 0.29) is 12.5 Å². The van der Waals surface area contributed by atoms with Crippen molar-refractivity contribution in [2.75, 3.05) is 30.9 Å². The maximum atomic E-state index is 12.0. The maximum Gasteiger partial charge on any atom is 0.259 e. The second kappa shape index (κ2) is 7.97. The lowest BCUT2D eigenvalue weighted by molar-refractivity contribution is -0.119. The van der Waals surface area contributed by atoms with Gasteiger partial charge in [-0.2, -0.15) is 5.10 Å². The first kappa shape index (κ1) is 17.9. The Bertz CT molecular complexity index is 898. The highest BCUT2D eigenvalue weighted by atomic mass is 32.1. The number of amides is 1. The summed E-state index contributed by atoms with van der Waals surface area (Å²) in [6.45, 7) is 1.99. The SMILES string of the molecule is C/C(=N/NC(=O)CNc1nc2ccccc2s1)c1ccc(N(C)C)cc1. The number of aromatic nitrogens is 1. The number of para-hydroxylation sites is 1. The van der Waals surface area contributed by atoms with Crippen molar-refractivity contribution in [1.29, 1.82) is 0 Å². The first-order chi connectivity index (χ1) is 12.5. The van der Waals surface area contributed by atoms with Crippen molar-refractivity contribution in [1.82, 2.24) is 10.4 Å². The molecule has 26 heavy (non-hydrogen) atoms. The molecule has 7 heteroatoms. The van der Waals surface area contributed by atoms with Gasteiger partial charge in [-0.3, -0.25) is 4.79 Å². The molecule has 3 aromatic rings. The molecule has 3 rings (SSSR count). The Morgan fingerprint density at radius 1 is 1.15 bits per heavy atom. The van der Waals surface area contributed by atoms with Crippen molar-refractivity contribution in [3.8, 4) is 0 Å². The highest BCUT2D eigenvalue weighted by Crippen LogP contribution is 2.24. The van der Waals surface area contributed by atoms with Crippen LogP contribution in [0, 0.1) is 0 Å². The molecule has 0 aliphatic carbocycles. The van der Waals surface area contributed by atoms with Crippen LogP contribution in [-0.4, -0.2) is 37.2 Å². The van der Waals surface area contributed by atoms with E-state index in [0.29, 0.717) is 0 Å². The van der Waals surface area contributed by atoms with E-state index in [1.165, 1.54) is 11.3 Å². The van der Waals surface area contributed by atoms with Gasteiger partial charge in [0.05, 0.1) is 22.5 Å². The molecule has 2 aromatic carbocycles. The maximum absolute atomic E-state index is 12.0. The number of anilines is 2. The van der Waals surface area contributed by atoms with Crippen LogP contribution in [0.2, 0.25) is 0 Å². The summed E-state index contributed by atoms with van der Waals surface area (Å²) in [5, 5.41) is 7.93. The van der Waals surface area contributed by atoms with Gasteiger partial charge in [0.1, 0.15) is 0 Å². The number of hydrazone groups is 1. The minimum absolute atomic E-state index is 0.121. The minimum Gasteiger partial charge on any atom is -0.378 e. The molecule has 0 saturated heterocycles. The Kier molecular flexibility index (Phi) is 5.48. The molecule has 0 aliphatic rings. The third kappa shape index (κ3) is 4.37. The molecule has 0 radical (unpaired) electrons. The van der Waals surface area contributed by atoms with Crippen LogP contribution in [0.1, 0.15) is 12.5 Å². The lowest BCUT2D eigenvalue weighted by atomic mass is 10.1. The topological polar surface area (TPSA) is 69.6 Å². The van der Waals surface area contributed by atoms with Crippen LogP contribution in [-0.2, 0) is 4.79 Å². The van der Waals surface area contributed by atoms with Crippen LogP contribution in [0.15, 0.2) is 53.6 Å². The fraction of sp³-hybridized carbons (Fsp3) is 0.211. The summed E-state index contributed by atoms with van der Waals surface area (Å²) in [6.07, 6.45) is 0. The van der Waals surface area contributed by atoms with Gasteiger partial charge in [0.15, 0.2) is 5.13 Å².